The molecule has 0 radical (unpaired) electrons. The van der Waals surface area contributed by atoms with Crippen molar-refractivity contribution in [2.24, 2.45) is 0 Å². The molecule has 0 aliphatic carbocycles. The zero-order valence-electron chi connectivity index (χ0n) is 11.7. The summed E-state index contributed by atoms with van der Waals surface area (Å²) in [4.78, 5) is 33.7. The number of alkyl halides is 3. The number of nitrogens with one attached hydrogen (secondary N) is 2. The molecule has 0 heterocycles. The van der Waals surface area contributed by atoms with Crippen molar-refractivity contribution in [3.63, 3.8) is 0 Å². The number of hydrogen-bond donors (Lipinski definition) is 2. The van der Waals surface area contributed by atoms with E-state index in [0.717, 1.165) is 11.8 Å². The molecule has 3 amide bonds. The van der Waals surface area contributed by atoms with Gasteiger partial charge in [0.2, 0.25) is 5.91 Å². The van der Waals surface area contributed by atoms with Gasteiger partial charge < -0.3 is 10.1 Å². The van der Waals surface area contributed by atoms with Gasteiger partial charge in [0.15, 0.2) is 0 Å². The van der Waals surface area contributed by atoms with E-state index in [1.54, 1.807) is 12.2 Å². The van der Waals surface area contributed by atoms with E-state index in [-0.39, 0.29) is 11.7 Å². The number of urea groups is 1. The van der Waals surface area contributed by atoms with Gasteiger partial charge >= 0.3 is 18.2 Å². The maximum Gasteiger partial charge on any atom is 0.405 e. The van der Waals surface area contributed by atoms with E-state index in [9.17, 15) is 27.6 Å². The van der Waals surface area contributed by atoms with Gasteiger partial charge in [-0.15, -0.1) is 11.8 Å². The number of imide groups is 1. The fraction of sp³-hybridized carbons (Fsp3) is 0.727. The van der Waals surface area contributed by atoms with E-state index in [0.29, 0.717) is 0 Å². The highest BCUT2D eigenvalue weighted by Crippen LogP contribution is 2.20. The molecule has 0 aliphatic heterocycles. The molecule has 0 fully saturated rings. The first-order valence-electron chi connectivity index (χ1n) is 5.93. The molecule has 10 heteroatoms. The third-order valence-corrected chi connectivity index (χ3v) is 3.43. The van der Waals surface area contributed by atoms with Crippen LogP contribution in [-0.2, 0) is 14.3 Å². The van der Waals surface area contributed by atoms with Crippen molar-refractivity contribution < 1.29 is 32.3 Å². The lowest BCUT2D eigenvalue weighted by molar-refractivity contribution is -0.140. The Balaban J connectivity index is 4.15. The summed E-state index contributed by atoms with van der Waals surface area (Å²) >= 11 is 1.10. The van der Waals surface area contributed by atoms with Crippen molar-refractivity contribution in [3.8, 4) is 0 Å². The summed E-state index contributed by atoms with van der Waals surface area (Å²) in [6, 6.07) is -1.22. The van der Waals surface area contributed by atoms with Crippen LogP contribution < -0.4 is 10.6 Å². The quantitative estimate of drug-likeness (QED) is 0.720. The summed E-state index contributed by atoms with van der Waals surface area (Å²) in [6.45, 7) is 1.65. The van der Waals surface area contributed by atoms with Gasteiger partial charge in [-0.3, -0.25) is 14.9 Å². The van der Waals surface area contributed by atoms with Crippen molar-refractivity contribution in [1.29, 1.82) is 0 Å². The lowest BCUT2D eigenvalue weighted by Crippen LogP contribution is -2.45. The largest absolute Gasteiger partial charge is 0.469 e. The van der Waals surface area contributed by atoms with E-state index in [1.807, 2.05) is 0 Å². The molecule has 0 aromatic rings. The van der Waals surface area contributed by atoms with Gasteiger partial charge in [-0.05, 0) is 6.92 Å². The molecule has 0 aromatic carbocycles. The minimum absolute atomic E-state index is 0.0824. The smallest absolute Gasteiger partial charge is 0.405 e. The maximum absolute atomic E-state index is 11.9. The highest BCUT2D eigenvalue weighted by atomic mass is 32.2. The molecule has 2 N–H and O–H groups in total. The van der Waals surface area contributed by atoms with E-state index < -0.39 is 35.9 Å². The monoisotopic (exact) mass is 330 g/mol. The first-order chi connectivity index (χ1) is 9.55. The van der Waals surface area contributed by atoms with Gasteiger partial charge in [-0.25, -0.2) is 4.79 Å². The van der Waals surface area contributed by atoms with Crippen molar-refractivity contribution in [2.45, 2.75) is 36.9 Å². The molecular weight excluding hydrogens is 313 g/mol. The van der Waals surface area contributed by atoms with Crippen LogP contribution in [0.2, 0.25) is 0 Å². The number of esters is 1. The average molecular weight is 330 g/mol. The standard InChI is InChI=1S/C11H17F3N2O4S/c1-6(4-8(17)20-3)21-7(2)9(18)16-10(19)15-5-11(12,13)14/h6-7H,4-5H2,1-3H3,(H2,15,16,18,19). The predicted octanol–water partition coefficient (Wildman–Crippen LogP) is 1.45. The van der Waals surface area contributed by atoms with E-state index in [1.165, 1.54) is 19.4 Å². The molecule has 0 aliphatic rings. The van der Waals surface area contributed by atoms with Gasteiger partial charge in [-0.1, -0.05) is 6.92 Å². The minimum atomic E-state index is -4.55. The van der Waals surface area contributed by atoms with Gasteiger partial charge in [-0.2, -0.15) is 13.2 Å². The zero-order chi connectivity index (χ0) is 16.6. The van der Waals surface area contributed by atoms with Crippen LogP contribution in [0, 0.1) is 0 Å². The maximum atomic E-state index is 11.9. The first kappa shape index (κ1) is 19.6. The van der Waals surface area contributed by atoms with Crippen LogP contribution >= 0.6 is 11.8 Å². The summed E-state index contributed by atoms with van der Waals surface area (Å²) < 4.78 is 40.1. The summed E-state index contributed by atoms with van der Waals surface area (Å²) in [5.74, 6) is -1.18. The van der Waals surface area contributed by atoms with Gasteiger partial charge in [0.25, 0.3) is 0 Å². The predicted molar refractivity (Wildman–Crippen MR) is 70.7 cm³/mol. The normalized spacial score (nSPS) is 14.0. The Morgan fingerprint density at radius 2 is 1.81 bits per heavy atom. The molecule has 0 rings (SSSR count). The third kappa shape index (κ3) is 9.99. The highest BCUT2D eigenvalue weighted by molar-refractivity contribution is 8.01. The molecule has 0 aromatic heterocycles. The molecule has 21 heavy (non-hydrogen) atoms. The Hall–Kier alpha value is -1.45. The van der Waals surface area contributed by atoms with Crippen LogP contribution in [0.5, 0.6) is 0 Å². The number of carbonyl (C=O) groups excluding carboxylic acids is 3. The summed E-state index contributed by atoms with van der Waals surface area (Å²) in [5, 5.41) is 2.38. The number of ether oxygens (including phenoxy) is 1. The van der Waals surface area contributed by atoms with Crippen molar-refractivity contribution in [3.05, 3.63) is 0 Å². The highest BCUT2D eigenvalue weighted by Gasteiger charge is 2.28. The second-order valence-corrected chi connectivity index (χ2v) is 5.94. The molecule has 0 bridgehead atoms. The Morgan fingerprint density at radius 3 is 2.29 bits per heavy atom. The topological polar surface area (TPSA) is 84.5 Å². The second kappa shape index (κ2) is 8.75. The minimum Gasteiger partial charge on any atom is -0.469 e. The van der Waals surface area contributed by atoms with Crippen LogP contribution in [0.4, 0.5) is 18.0 Å². The fourth-order valence-corrected chi connectivity index (χ4v) is 2.33. The Labute approximate surface area is 124 Å². The molecule has 0 saturated carbocycles. The average Bonchev–Trinajstić information content (AvgIpc) is 2.34. The first-order valence-corrected chi connectivity index (χ1v) is 6.87. The van der Waals surface area contributed by atoms with Crippen LogP contribution in [-0.4, -0.2) is 48.2 Å². The number of rotatable bonds is 6. The Kier molecular flexibility index (Phi) is 8.15. The SMILES string of the molecule is COC(=O)CC(C)SC(C)C(=O)NC(=O)NCC(F)(F)F. The lowest BCUT2D eigenvalue weighted by Gasteiger charge is -2.16. The van der Waals surface area contributed by atoms with Crippen LogP contribution in [0.3, 0.4) is 0 Å². The molecule has 6 nitrogen and oxygen atoms in total. The van der Waals surface area contributed by atoms with E-state index in [4.69, 9.17) is 0 Å². The number of hydrogen-bond acceptors (Lipinski definition) is 5. The number of carbonyl (C=O) groups is 3. The van der Waals surface area contributed by atoms with Gasteiger partial charge in [0.1, 0.15) is 6.54 Å². The molecular formula is C11H17F3N2O4S. The van der Waals surface area contributed by atoms with E-state index >= 15 is 0 Å². The van der Waals surface area contributed by atoms with Crippen LogP contribution in [0.15, 0.2) is 0 Å². The number of methoxy groups -OCH3 is 1. The Bertz CT molecular complexity index is 390. The van der Waals surface area contributed by atoms with Crippen molar-refractivity contribution >= 4 is 29.7 Å². The Morgan fingerprint density at radius 1 is 1.24 bits per heavy atom. The van der Waals surface area contributed by atoms with Gasteiger partial charge in [0.05, 0.1) is 18.8 Å². The van der Waals surface area contributed by atoms with Gasteiger partial charge in [0, 0.05) is 5.25 Å². The lowest BCUT2D eigenvalue weighted by atomic mass is 10.3. The van der Waals surface area contributed by atoms with Crippen molar-refractivity contribution in [1.82, 2.24) is 10.6 Å². The summed E-state index contributed by atoms with van der Waals surface area (Å²) in [7, 11) is 1.24. The summed E-state index contributed by atoms with van der Waals surface area (Å²) in [6.07, 6.45) is -4.46. The summed E-state index contributed by atoms with van der Waals surface area (Å²) in [5.41, 5.74) is 0. The zero-order valence-corrected chi connectivity index (χ0v) is 12.6. The molecule has 0 saturated heterocycles. The fourth-order valence-electron chi connectivity index (χ4n) is 1.21. The molecule has 2 unspecified atom stereocenters. The molecule has 2 atom stereocenters. The van der Waals surface area contributed by atoms with E-state index in [2.05, 4.69) is 4.74 Å². The third-order valence-electron chi connectivity index (χ3n) is 2.17. The number of amides is 3. The number of thioether (sulfide) groups is 1. The number of halogens is 3. The molecule has 122 valence electrons. The van der Waals surface area contributed by atoms with Crippen molar-refractivity contribution in [2.75, 3.05) is 13.7 Å². The second-order valence-electron chi connectivity index (χ2n) is 4.16. The van der Waals surface area contributed by atoms with Crippen LogP contribution in [0.25, 0.3) is 0 Å². The van der Waals surface area contributed by atoms with Crippen LogP contribution in [0.1, 0.15) is 20.3 Å². The molecule has 0 spiro atoms.